The smallest absolute Gasteiger partial charge is 0.274 e. The number of rotatable bonds is 9. The zero-order chi connectivity index (χ0) is 13.4. The largest absolute Gasteiger partial charge is 0.447 e. The first kappa shape index (κ1) is 15.1. The van der Waals surface area contributed by atoms with Gasteiger partial charge >= 0.3 is 0 Å². The van der Waals surface area contributed by atoms with Gasteiger partial charge in [-0.2, -0.15) is 0 Å². The molecule has 0 aliphatic heterocycles. The van der Waals surface area contributed by atoms with E-state index >= 15 is 0 Å². The first-order valence-corrected chi connectivity index (χ1v) is 6.97. The van der Waals surface area contributed by atoms with Crippen LogP contribution in [0.15, 0.2) is 21.6 Å². The van der Waals surface area contributed by atoms with Crippen LogP contribution in [0.2, 0.25) is 0 Å². The Morgan fingerprint density at radius 3 is 2.83 bits per heavy atom. The summed E-state index contributed by atoms with van der Waals surface area (Å²) in [5.74, 6) is 0.524. The van der Waals surface area contributed by atoms with Crippen LogP contribution in [0.5, 0.6) is 0 Å². The number of nitrogens with one attached hydrogen (secondary N) is 2. The summed E-state index contributed by atoms with van der Waals surface area (Å²) in [6, 6.07) is 2.97. The van der Waals surface area contributed by atoms with E-state index in [9.17, 15) is 8.42 Å². The van der Waals surface area contributed by atoms with Crippen molar-refractivity contribution in [3.05, 3.63) is 17.9 Å². The maximum Gasteiger partial charge on any atom is 0.274 e. The van der Waals surface area contributed by atoms with Crippen molar-refractivity contribution in [2.75, 3.05) is 33.4 Å². The van der Waals surface area contributed by atoms with Crippen molar-refractivity contribution in [2.24, 2.45) is 0 Å². The number of sulfonamides is 1. The molecular formula is C10H18N2O5S. The van der Waals surface area contributed by atoms with Crippen LogP contribution < -0.4 is 10.0 Å². The molecule has 0 aliphatic carbocycles. The average Bonchev–Trinajstić information content (AvgIpc) is 2.82. The molecule has 0 aliphatic rings. The summed E-state index contributed by atoms with van der Waals surface area (Å²) in [7, 11) is -2.06. The van der Waals surface area contributed by atoms with Gasteiger partial charge in [0.1, 0.15) is 5.76 Å². The van der Waals surface area contributed by atoms with Crippen molar-refractivity contribution in [1.29, 1.82) is 0 Å². The molecule has 0 aromatic carbocycles. The average molecular weight is 278 g/mol. The fraction of sp³-hybridized carbons (Fsp3) is 0.600. The number of furan rings is 1. The molecule has 0 amide bonds. The van der Waals surface area contributed by atoms with Crippen LogP contribution in [0.25, 0.3) is 0 Å². The molecule has 104 valence electrons. The van der Waals surface area contributed by atoms with Crippen LogP contribution in [-0.2, 0) is 21.3 Å². The van der Waals surface area contributed by atoms with Crippen molar-refractivity contribution in [3.8, 4) is 0 Å². The molecule has 0 saturated heterocycles. The van der Waals surface area contributed by atoms with E-state index in [1.54, 1.807) is 13.2 Å². The van der Waals surface area contributed by atoms with Crippen molar-refractivity contribution in [1.82, 2.24) is 10.0 Å². The molecule has 7 nitrogen and oxygen atoms in total. The van der Waals surface area contributed by atoms with E-state index in [-0.39, 0.29) is 18.2 Å². The molecule has 0 unspecified atom stereocenters. The van der Waals surface area contributed by atoms with Crippen LogP contribution in [0.3, 0.4) is 0 Å². The lowest BCUT2D eigenvalue weighted by Gasteiger charge is -2.02. The Bertz CT molecular complexity index is 443. The molecule has 0 atom stereocenters. The van der Waals surface area contributed by atoms with Gasteiger partial charge in [0.2, 0.25) is 5.09 Å². The molecule has 3 N–H and O–H groups in total. The third kappa shape index (κ3) is 4.75. The predicted octanol–water partition coefficient (Wildman–Crippen LogP) is -0.714. The first-order valence-electron chi connectivity index (χ1n) is 5.49. The summed E-state index contributed by atoms with van der Waals surface area (Å²) < 4.78 is 35.5. The number of aliphatic hydroxyl groups is 1. The topological polar surface area (TPSA) is 101 Å². The highest BCUT2D eigenvalue weighted by atomic mass is 32.2. The van der Waals surface area contributed by atoms with Crippen molar-refractivity contribution >= 4 is 10.0 Å². The zero-order valence-electron chi connectivity index (χ0n) is 10.2. The molecule has 1 aromatic heterocycles. The van der Waals surface area contributed by atoms with Gasteiger partial charge in [0, 0.05) is 20.2 Å². The standard InChI is InChI=1S/C10H18N2O5S/c1-16-7-5-11-8-9-2-3-10(17-9)18(14,15)12-4-6-13/h2-3,11-13H,4-8H2,1H3. The maximum absolute atomic E-state index is 11.6. The molecule has 0 spiro atoms. The van der Waals surface area contributed by atoms with E-state index in [1.165, 1.54) is 6.07 Å². The van der Waals surface area contributed by atoms with Gasteiger partial charge in [-0.15, -0.1) is 0 Å². The lowest BCUT2D eigenvalue weighted by atomic mass is 10.4. The van der Waals surface area contributed by atoms with Crippen LogP contribution in [-0.4, -0.2) is 46.9 Å². The first-order chi connectivity index (χ1) is 8.60. The molecular weight excluding hydrogens is 260 g/mol. The summed E-state index contributed by atoms with van der Waals surface area (Å²) in [5, 5.41) is 11.5. The number of methoxy groups -OCH3 is 1. The summed E-state index contributed by atoms with van der Waals surface area (Å²) in [5.41, 5.74) is 0. The molecule has 0 radical (unpaired) electrons. The molecule has 18 heavy (non-hydrogen) atoms. The highest BCUT2D eigenvalue weighted by molar-refractivity contribution is 7.89. The molecule has 1 heterocycles. The number of ether oxygens (including phenoxy) is 1. The quantitative estimate of drug-likeness (QED) is 0.516. The number of hydrogen-bond donors (Lipinski definition) is 3. The Balaban J connectivity index is 2.52. The number of hydrogen-bond acceptors (Lipinski definition) is 6. The Hall–Kier alpha value is -0.930. The van der Waals surface area contributed by atoms with Crippen molar-refractivity contribution in [2.45, 2.75) is 11.6 Å². The third-order valence-electron chi connectivity index (χ3n) is 2.09. The predicted molar refractivity (Wildman–Crippen MR) is 64.6 cm³/mol. The van der Waals surface area contributed by atoms with Gasteiger partial charge in [-0.1, -0.05) is 0 Å². The van der Waals surface area contributed by atoms with Crippen molar-refractivity contribution < 1.29 is 22.7 Å². The minimum absolute atomic E-state index is 0.0372. The Morgan fingerprint density at radius 2 is 2.17 bits per heavy atom. The monoisotopic (exact) mass is 278 g/mol. The van der Waals surface area contributed by atoms with E-state index in [1.807, 2.05) is 0 Å². The lowest BCUT2D eigenvalue weighted by molar-refractivity contribution is 0.198. The SMILES string of the molecule is COCCNCc1ccc(S(=O)(=O)NCCO)o1. The van der Waals surface area contributed by atoms with E-state index in [2.05, 4.69) is 10.0 Å². The zero-order valence-corrected chi connectivity index (χ0v) is 11.0. The van der Waals surface area contributed by atoms with Gasteiger partial charge in [0.05, 0.1) is 19.8 Å². The van der Waals surface area contributed by atoms with Gasteiger partial charge in [-0.3, -0.25) is 0 Å². The molecule has 1 aromatic rings. The Kier molecular flexibility index (Phi) is 6.30. The summed E-state index contributed by atoms with van der Waals surface area (Å²) in [4.78, 5) is 0. The van der Waals surface area contributed by atoms with Crippen LogP contribution in [0, 0.1) is 0 Å². The van der Waals surface area contributed by atoms with Gasteiger partial charge in [0.25, 0.3) is 10.0 Å². The van der Waals surface area contributed by atoms with Crippen LogP contribution >= 0.6 is 0 Å². The van der Waals surface area contributed by atoms with E-state index in [4.69, 9.17) is 14.3 Å². The van der Waals surface area contributed by atoms with Gasteiger partial charge < -0.3 is 19.6 Å². The fourth-order valence-electron chi connectivity index (χ4n) is 1.23. The van der Waals surface area contributed by atoms with Crippen LogP contribution in [0.4, 0.5) is 0 Å². The van der Waals surface area contributed by atoms with Gasteiger partial charge in [0.15, 0.2) is 0 Å². The molecule has 0 bridgehead atoms. The summed E-state index contributed by atoms with van der Waals surface area (Å²) in [6.45, 7) is 1.36. The van der Waals surface area contributed by atoms with Crippen LogP contribution in [0.1, 0.15) is 5.76 Å². The lowest BCUT2D eigenvalue weighted by Crippen LogP contribution is -2.26. The summed E-state index contributed by atoms with van der Waals surface area (Å²) in [6.07, 6.45) is 0. The number of aliphatic hydroxyl groups excluding tert-OH is 1. The highest BCUT2D eigenvalue weighted by Gasteiger charge is 2.17. The molecule has 8 heteroatoms. The third-order valence-corrected chi connectivity index (χ3v) is 3.42. The maximum atomic E-state index is 11.6. The van der Waals surface area contributed by atoms with E-state index < -0.39 is 10.0 Å². The second-order valence-electron chi connectivity index (χ2n) is 3.51. The van der Waals surface area contributed by atoms with Gasteiger partial charge in [-0.05, 0) is 12.1 Å². The van der Waals surface area contributed by atoms with Crippen molar-refractivity contribution in [3.63, 3.8) is 0 Å². The minimum atomic E-state index is -3.67. The van der Waals surface area contributed by atoms with E-state index in [0.717, 1.165) is 0 Å². The van der Waals surface area contributed by atoms with E-state index in [0.29, 0.717) is 25.5 Å². The molecule has 1 rings (SSSR count). The fourth-order valence-corrected chi connectivity index (χ4v) is 2.20. The second-order valence-corrected chi connectivity index (χ2v) is 5.21. The highest BCUT2D eigenvalue weighted by Crippen LogP contribution is 2.13. The summed E-state index contributed by atoms with van der Waals surface area (Å²) >= 11 is 0. The van der Waals surface area contributed by atoms with Gasteiger partial charge in [-0.25, -0.2) is 13.1 Å². The Labute approximate surface area is 106 Å². The molecule has 0 fully saturated rings. The Morgan fingerprint density at radius 1 is 1.39 bits per heavy atom. The second kappa shape index (κ2) is 7.49. The molecule has 0 saturated carbocycles. The minimum Gasteiger partial charge on any atom is -0.447 e. The normalized spacial score (nSPS) is 11.9.